The van der Waals surface area contributed by atoms with Gasteiger partial charge in [-0.3, -0.25) is 9.59 Å². The highest BCUT2D eigenvalue weighted by atomic mass is 16.5. The lowest BCUT2D eigenvalue weighted by molar-refractivity contribution is -0.141. The summed E-state index contributed by atoms with van der Waals surface area (Å²) in [6.45, 7) is 8.87. The number of ketones is 1. The molecule has 0 aliphatic carbocycles. The zero-order chi connectivity index (χ0) is 21.7. The van der Waals surface area contributed by atoms with Crippen molar-refractivity contribution in [2.45, 2.75) is 47.1 Å². The van der Waals surface area contributed by atoms with Gasteiger partial charge >= 0.3 is 5.97 Å². The largest absolute Gasteiger partial charge is 0.457 e. The number of Topliss-reactive ketones (excluding diaryl/α,β-unsaturated/α-hetero) is 1. The number of hydrogen-bond donors (Lipinski definition) is 0. The van der Waals surface area contributed by atoms with E-state index in [-0.39, 0.29) is 18.8 Å². The fourth-order valence-electron chi connectivity index (χ4n) is 3.34. The summed E-state index contributed by atoms with van der Waals surface area (Å²) in [5.74, 6) is 0.329. The molecular weight excluding hydrogens is 380 g/mol. The molecule has 3 aromatic rings. The number of aromatic nitrogens is 2. The summed E-state index contributed by atoms with van der Waals surface area (Å²) >= 11 is 0. The van der Waals surface area contributed by atoms with E-state index >= 15 is 0 Å². The molecule has 30 heavy (non-hydrogen) atoms. The van der Waals surface area contributed by atoms with Gasteiger partial charge in [0.2, 0.25) is 11.7 Å². The lowest BCUT2D eigenvalue weighted by Crippen LogP contribution is -2.16. The van der Waals surface area contributed by atoms with Gasteiger partial charge in [-0.15, -0.1) is 0 Å². The minimum atomic E-state index is -0.509. The van der Waals surface area contributed by atoms with Crippen LogP contribution in [0.5, 0.6) is 0 Å². The molecule has 158 valence electrons. The van der Waals surface area contributed by atoms with Crippen molar-refractivity contribution in [3.05, 3.63) is 65.3 Å². The first-order chi connectivity index (χ1) is 14.3. The average Bonchev–Trinajstić information content (AvgIpc) is 3.29. The van der Waals surface area contributed by atoms with E-state index in [1.165, 1.54) is 6.26 Å². The monoisotopic (exact) mass is 408 g/mol. The highest BCUT2D eigenvalue weighted by Gasteiger charge is 2.18. The number of rotatable bonds is 9. The lowest BCUT2D eigenvalue weighted by atomic mass is 10.1. The van der Waals surface area contributed by atoms with Crippen molar-refractivity contribution in [2.75, 3.05) is 6.61 Å². The molecule has 0 bridgehead atoms. The number of carbonyl (C=O) groups is 2. The van der Waals surface area contributed by atoms with E-state index in [1.807, 2.05) is 50.2 Å². The van der Waals surface area contributed by atoms with Crippen LogP contribution in [0.4, 0.5) is 0 Å². The SMILES string of the molecule is Cc1cc(C(=O)COC(=O)Cc2coc(-c3ccccc3)n2)c(C)n1CCC(C)C. The highest BCUT2D eigenvalue weighted by Crippen LogP contribution is 2.19. The van der Waals surface area contributed by atoms with Crippen LogP contribution in [0.3, 0.4) is 0 Å². The maximum Gasteiger partial charge on any atom is 0.312 e. The van der Waals surface area contributed by atoms with Crippen LogP contribution in [-0.2, 0) is 22.5 Å². The van der Waals surface area contributed by atoms with Gasteiger partial charge in [0, 0.05) is 29.1 Å². The normalized spacial score (nSPS) is 11.1. The van der Waals surface area contributed by atoms with Gasteiger partial charge in [-0.05, 0) is 44.4 Å². The Balaban J connectivity index is 1.56. The molecule has 0 amide bonds. The van der Waals surface area contributed by atoms with Crippen molar-refractivity contribution < 1.29 is 18.7 Å². The summed E-state index contributed by atoms with van der Waals surface area (Å²) in [6, 6.07) is 11.3. The first-order valence-electron chi connectivity index (χ1n) is 10.2. The summed E-state index contributed by atoms with van der Waals surface area (Å²) in [5, 5.41) is 0. The number of esters is 1. The van der Waals surface area contributed by atoms with Gasteiger partial charge in [0.25, 0.3) is 0 Å². The molecule has 0 aliphatic rings. The molecule has 0 N–H and O–H groups in total. The molecule has 0 radical (unpaired) electrons. The van der Waals surface area contributed by atoms with Gasteiger partial charge in [0.1, 0.15) is 6.26 Å². The Morgan fingerprint density at radius 1 is 1.17 bits per heavy atom. The van der Waals surface area contributed by atoms with Crippen LogP contribution in [-0.4, -0.2) is 27.9 Å². The molecule has 3 rings (SSSR count). The van der Waals surface area contributed by atoms with Crippen LogP contribution >= 0.6 is 0 Å². The third-order valence-electron chi connectivity index (χ3n) is 5.07. The lowest BCUT2D eigenvalue weighted by Gasteiger charge is -2.11. The minimum absolute atomic E-state index is 0.0446. The minimum Gasteiger partial charge on any atom is -0.457 e. The Hall–Kier alpha value is -3.15. The van der Waals surface area contributed by atoms with Crippen LogP contribution in [0.25, 0.3) is 11.5 Å². The van der Waals surface area contributed by atoms with E-state index in [9.17, 15) is 9.59 Å². The molecule has 0 saturated heterocycles. The van der Waals surface area contributed by atoms with E-state index in [2.05, 4.69) is 23.4 Å². The fourth-order valence-corrected chi connectivity index (χ4v) is 3.34. The Kier molecular flexibility index (Phi) is 6.87. The molecule has 0 spiro atoms. The standard InChI is InChI=1S/C24H28N2O4/c1-16(2)10-11-26-17(3)12-21(18(26)4)22(27)15-29-23(28)13-20-14-30-24(25-20)19-8-6-5-7-9-19/h5-9,12,14,16H,10-11,13,15H2,1-4H3. The molecule has 2 aromatic heterocycles. The molecule has 6 heteroatoms. The summed E-state index contributed by atoms with van der Waals surface area (Å²) in [6.07, 6.45) is 2.44. The predicted octanol–water partition coefficient (Wildman–Crippen LogP) is 4.77. The highest BCUT2D eigenvalue weighted by molar-refractivity contribution is 5.99. The Morgan fingerprint density at radius 2 is 1.90 bits per heavy atom. The summed E-state index contributed by atoms with van der Waals surface area (Å²) < 4.78 is 12.8. The molecule has 6 nitrogen and oxygen atoms in total. The van der Waals surface area contributed by atoms with Gasteiger partial charge < -0.3 is 13.7 Å². The van der Waals surface area contributed by atoms with Crippen LogP contribution < -0.4 is 0 Å². The second-order valence-electron chi connectivity index (χ2n) is 7.89. The number of hydrogen-bond acceptors (Lipinski definition) is 5. The molecule has 1 aromatic carbocycles. The van der Waals surface area contributed by atoms with Gasteiger partial charge in [0.15, 0.2) is 6.61 Å². The van der Waals surface area contributed by atoms with Gasteiger partial charge in [-0.1, -0.05) is 32.0 Å². The molecule has 2 heterocycles. The van der Waals surface area contributed by atoms with Crippen LogP contribution in [0.2, 0.25) is 0 Å². The van der Waals surface area contributed by atoms with Crippen LogP contribution in [0.1, 0.15) is 47.7 Å². The van der Waals surface area contributed by atoms with Crippen molar-refractivity contribution in [3.63, 3.8) is 0 Å². The number of aryl methyl sites for hydroxylation is 1. The summed E-state index contributed by atoms with van der Waals surface area (Å²) in [5.41, 5.74) is 3.87. The fraction of sp³-hybridized carbons (Fsp3) is 0.375. The van der Waals surface area contributed by atoms with Crippen molar-refractivity contribution in [3.8, 4) is 11.5 Å². The summed E-state index contributed by atoms with van der Waals surface area (Å²) in [7, 11) is 0. The molecule has 0 fully saturated rings. The van der Waals surface area contributed by atoms with Crippen LogP contribution in [0, 0.1) is 19.8 Å². The topological polar surface area (TPSA) is 74.3 Å². The third-order valence-corrected chi connectivity index (χ3v) is 5.07. The quantitative estimate of drug-likeness (QED) is 0.376. The van der Waals surface area contributed by atoms with E-state index < -0.39 is 5.97 Å². The van der Waals surface area contributed by atoms with E-state index in [1.54, 1.807) is 0 Å². The number of ether oxygens (including phenoxy) is 1. The molecule has 0 unspecified atom stereocenters. The van der Waals surface area contributed by atoms with Crippen molar-refractivity contribution in [1.82, 2.24) is 9.55 Å². The number of carbonyl (C=O) groups excluding carboxylic acids is 2. The predicted molar refractivity (Wildman–Crippen MR) is 114 cm³/mol. The zero-order valence-corrected chi connectivity index (χ0v) is 18.0. The molecule has 0 aliphatic heterocycles. The van der Waals surface area contributed by atoms with Crippen molar-refractivity contribution in [1.29, 1.82) is 0 Å². The zero-order valence-electron chi connectivity index (χ0n) is 18.0. The average molecular weight is 408 g/mol. The number of nitrogens with zero attached hydrogens (tertiary/aromatic N) is 2. The molecular formula is C24H28N2O4. The van der Waals surface area contributed by atoms with Crippen LogP contribution in [0.15, 0.2) is 47.1 Å². The van der Waals surface area contributed by atoms with E-state index in [4.69, 9.17) is 9.15 Å². The van der Waals surface area contributed by atoms with Crippen molar-refractivity contribution in [2.24, 2.45) is 5.92 Å². The first kappa shape index (κ1) is 21.6. The second-order valence-corrected chi connectivity index (χ2v) is 7.89. The van der Waals surface area contributed by atoms with Crippen molar-refractivity contribution >= 4 is 11.8 Å². The first-order valence-corrected chi connectivity index (χ1v) is 10.2. The smallest absolute Gasteiger partial charge is 0.312 e. The van der Waals surface area contributed by atoms with Gasteiger partial charge in [-0.25, -0.2) is 4.98 Å². The third kappa shape index (κ3) is 5.26. The van der Waals surface area contributed by atoms with Gasteiger partial charge in [-0.2, -0.15) is 0 Å². The molecule has 0 atom stereocenters. The summed E-state index contributed by atoms with van der Waals surface area (Å²) in [4.78, 5) is 29.1. The molecule has 0 saturated carbocycles. The Labute approximate surface area is 176 Å². The Morgan fingerprint density at radius 3 is 2.60 bits per heavy atom. The van der Waals surface area contributed by atoms with E-state index in [0.717, 1.165) is 29.9 Å². The maximum atomic E-state index is 12.6. The van der Waals surface area contributed by atoms with Gasteiger partial charge in [0.05, 0.1) is 12.1 Å². The number of benzene rings is 1. The second kappa shape index (κ2) is 9.57. The Bertz CT molecular complexity index is 1020. The number of oxazole rings is 1. The van der Waals surface area contributed by atoms with E-state index in [0.29, 0.717) is 23.1 Å². The maximum absolute atomic E-state index is 12.6.